The van der Waals surface area contributed by atoms with Gasteiger partial charge >= 0.3 is 5.69 Å². The van der Waals surface area contributed by atoms with Crippen LogP contribution < -0.4 is 11.2 Å². The molecule has 8 heteroatoms. The number of hydrogen-bond donors (Lipinski definition) is 2. The molecule has 3 aromatic rings. The largest absolute Gasteiger partial charge is 0.325 e. The van der Waals surface area contributed by atoms with Crippen LogP contribution in [0.25, 0.3) is 16.9 Å². The van der Waals surface area contributed by atoms with Crippen molar-refractivity contribution in [1.82, 2.24) is 29.7 Å². The lowest BCUT2D eigenvalue weighted by molar-refractivity contribution is 0.925. The first kappa shape index (κ1) is 13.0. The smallest absolute Gasteiger partial charge is 0.313 e. The minimum atomic E-state index is -0.561. The second kappa shape index (κ2) is 4.82. The summed E-state index contributed by atoms with van der Waals surface area (Å²) in [6, 6.07) is 1.73. The number of nitrogens with one attached hydrogen (secondary N) is 2. The molecule has 0 unspecified atom stereocenters. The van der Waals surface area contributed by atoms with Gasteiger partial charge in [-0.1, -0.05) is 0 Å². The summed E-state index contributed by atoms with van der Waals surface area (Å²) in [7, 11) is 0. The van der Waals surface area contributed by atoms with E-state index in [4.69, 9.17) is 0 Å². The average molecular weight is 284 g/mol. The van der Waals surface area contributed by atoms with E-state index in [-0.39, 0.29) is 5.56 Å². The number of imidazole rings is 1. The van der Waals surface area contributed by atoms with Crippen molar-refractivity contribution in [1.29, 1.82) is 0 Å². The first-order valence-corrected chi connectivity index (χ1v) is 6.22. The predicted octanol–water partition coefficient (Wildman–Crippen LogP) is 0.323. The number of hydrogen-bond acceptors (Lipinski definition) is 5. The average Bonchev–Trinajstić information content (AvgIpc) is 2.86. The Morgan fingerprint density at radius 1 is 1.19 bits per heavy atom. The van der Waals surface area contributed by atoms with Crippen molar-refractivity contribution in [2.75, 3.05) is 0 Å². The Morgan fingerprint density at radius 3 is 2.67 bits per heavy atom. The molecule has 0 bridgehead atoms. The fourth-order valence-corrected chi connectivity index (χ4v) is 1.99. The summed E-state index contributed by atoms with van der Waals surface area (Å²) in [6.45, 7) is 3.70. The number of nitrogens with zero attached hydrogens (tertiary/aromatic N) is 4. The molecule has 2 N–H and O–H groups in total. The van der Waals surface area contributed by atoms with Gasteiger partial charge in [-0.15, -0.1) is 5.10 Å². The minimum absolute atomic E-state index is 0.250. The highest BCUT2D eigenvalue weighted by atomic mass is 16.2. The highest BCUT2D eigenvalue weighted by molar-refractivity contribution is 5.59. The van der Waals surface area contributed by atoms with Gasteiger partial charge < -0.3 is 9.55 Å². The lowest BCUT2D eigenvalue weighted by atomic mass is 10.2. The van der Waals surface area contributed by atoms with Crippen LogP contribution in [0.15, 0.2) is 34.4 Å². The molecule has 0 atom stereocenters. The van der Waals surface area contributed by atoms with E-state index in [0.29, 0.717) is 11.4 Å². The summed E-state index contributed by atoms with van der Waals surface area (Å²) >= 11 is 0. The Kier molecular flexibility index (Phi) is 2.98. The molecule has 3 aromatic heterocycles. The van der Waals surface area contributed by atoms with E-state index in [0.717, 1.165) is 11.4 Å². The fraction of sp³-hybridized carbons (Fsp3) is 0.154. The number of aryl methyl sites for hydroxylation is 2. The van der Waals surface area contributed by atoms with E-state index in [1.54, 1.807) is 12.4 Å². The molecule has 0 saturated carbocycles. The molecule has 0 fully saturated rings. The Balaban J connectivity index is 2.17. The molecule has 8 nitrogen and oxygen atoms in total. The van der Waals surface area contributed by atoms with Crippen LogP contribution in [0.5, 0.6) is 0 Å². The van der Waals surface area contributed by atoms with E-state index < -0.39 is 11.2 Å². The Hall–Kier alpha value is -3.03. The standard InChI is InChI=1S/C13H12N6O2/c1-7-5-19(6-15-7)11-3-10(18-17-8(11)2)9-4-14-13(21)16-12(9)20/h3-6H,1-2H3,(H2,14,16,20,21). The van der Waals surface area contributed by atoms with Crippen molar-refractivity contribution in [2.24, 2.45) is 0 Å². The van der Waals surface area contributed by atoms with E-state index in [9.17, 15) is 9.59 Å². The Bertz CT molecular complexity index is 921. The summed E-state index contributed by atoms with van der Waals surface area (Å²) in [6.07, 6.45) is 4.84. The van der Waals surface area contributed by atoms with Gasteiger partial charge in [0.1, 0.15) is 5.69 Å². The van der Waals surface area contributed by atoms with Gasteiger partial charge in [0.25, 0.3) is 5.56 Å². The zero-order valence-corrected chi connectivity index (χ0v) is 11.4. The molecule has 3 heterocycles. The van der Waals surface area contributed by atoms with Gasteiger partial charge in [0.15, 0.2) is 0 Å². The quantitative estimate of drug-likeness (QED) is 0.704. The van der Waals surface area contributed by atoms with Gasteiger partial charge in [-0.3, -0.25) is 9.78 Å². The van der Waals surface area contributed by atoms with Gasteiger partial charge in [0, 0.05) is 12.4 Å². The molecule has 106 valence electrons. The van der Waals surface area contributed by atoms with Crippen LogP contribution in [0.2, 0.25) is 0 Å². The second-order valence-corrected chi connectivity index (χ2v) is 4.61. The lowest BCUT2D eigenvalue weighted by Gasteiger charge is -2.07. The summed E-state index contributed by atoms with van der Waals surface area (Å²) in [4.78, 5) is 31.6. The van der Waals surface area contributed by atoms with Crippen LogP contribution in [0.3, 0.4) is 0 Å². The summed E-state index contributed by atoms with van der Waals surface area (Å²) in [5, 5.41) is 8.07. The van der Waals surface area contributed by atoms with E-state index in [1.807, 2.05) is 24.6 Å². The van der Waals surface area contributed by atoms with Gasteiger partial charge in [-0.05, 0) is 19.9 Å². The summed E-state index contributed by atoms with van der Waals surface area (Å²) in [5.41, 5.74) is 1.90. The SMILES string of the molecule is Cc1cn(-c2cc(-c3c[nH]c(=O)[nH]c3=O)nnc2C)cn1. The maximum absolute atomic E-state index is 11.8. The number of rotatable bonds is 2. The summed E-state index contributed by atoms with van der Waals surface area (Å²) < 4.78 is 1.81. The van der Waals surface area contributed by atoms with Crippen LogP contribution in [0.1, 0.15) is 11.4 Å². The van der Waals surface area contributed by atoms with Gasteiger partial charge in [-0.2, -0.15) is 5.10 Å². The first-order valence-electron chi connectivity index (χ1n) is 6.22. The molecular formula is C13H12N6O2. The highest BCUT2D eigenvalue weighted by Gasteiger charge is 2.11. The molecular weight excluding hydrogens is 272 g/mol. The molecule has 0 spiro atoms. The van der Waals surface area contributed by atoms with Crippen molar-refractivity contribution >= 4 is 0 Å². The third-order valence-electron chi connectivity index (χ3n) is 3.04. The Morgan fingerprint density at radius 2 is 2.00 bits per heavy atom. The molecule has 0 radical (unpaired) electrons. The number of aromatic nitrogens is 6. The zero-order valence-electron chi connectivity index (χ0n) is 11.4. The van der Waals surface area contributed by atoms with Gasteiger partial charge in [-0.25, -0.2) is 9.78 Å². The van der Waals surface area contributed by atoms with Gasteiger partial charge in [0.05, 0.1) is 29.0 Å². The number of H-pyrrole nitrogens is 2. The van der Waals surface area contributed by atoms with Crippen molar-refractivity contribution in [2.45, 2.75) is 13.8 Å². The fourth-order valence-electron chi connectivity index (χ4n) is 1.99. The lowest BCUT2D eigenvalue weighted by Crippen LogP contribution is -2.23. The molecule has 0 aliphatic rings. The normalized spacial score (nSPS) is 10.8. The highest BCUT2D eigenvalue weighted by Crippen LogP contribution is 2.17. The molecule has 0 aromatic carbocycles. The molecule has 0 aliphatic carbocycles. The van der Waals surface area contributed by atoms with Crippen molar-refractivity contribution < 1.29 is 0 Å². The molecule has 21 heavy (non-hydrogen) atoms. The predicted molar refractivity (Wildman–Crippen MR) is 75.3 cm³/mol. The van der Waals surface area contributed by atoms with Gasteiger partial charge in [0.2, 0.25) is 0 Å². The minimum Gasteiger partial charge on any atom is -0.313 e. The van der Waals surface area contributed by atoms with E-state index >= 15 is 0 Å². The maximum Gasteiger partial charge on any atom is 0.325 e. The van der Waals surface area contributed by atoms with Crippen LogP contribution >= 0.6 is 0 Å². The molecule has 0 amide bonds. The molecule has 0 saturated heterocycles. The van der Waals surface area contributed by atoms with Crippen LogP contribution in [-0.4, -0.2) is 29.7 Å². The summed E-state index contributed by atoms with van der Waals surface area (Å²) in [5.74, 6) is 0. The van der Waals surface area contributed by atoms with Crippen molar-refractivity contribution in [3.05, 3.63) is 57.0 Å². The van der Waals surface area contributed by atoms with Crippen molar-refractivity contribution in [3.63, 3.8) is 0 Å². The van der Waals surface area contributed by atoms with Crippen LogP contribution in [-0.2, 0) is 0 Å². The Labute approximate surface area is 118 Å². The van der Waals surface area contributed by atoms with Crippen LogP contribution in [0, 0.1) is 13.8 Å². The number of aromatic amines is 2. The molecule has 0 aliphatic heterocycles. The monoisotopic (exact) mass is 284 g/mol. The van der Waals surface area contributed by atoms with E-state index in [1.165, 1.54) is 6.20 Å². The van der Waals surface area contributed by atoms with E-state index in [2.05, 4.69) is 25.1 Å². The first-order chi connectivity index (χ1) is 10.0. The molecule has 3 rings (SSSR count). The third-order valence-corrected chi connectivity index (χ3v) is 3.04. The zero-order chi connectivity index (χ0) is 15.0. The van der Waals surface area contributed by atoms with Crippen LogP contribution in [0.4, 0.5) is 0 Å². The third kappa shape index (κ3) is 2.38. The topological polar surface area (TPSA) is 109 Å². The second-order valence-electron chi connectivity index (χ2n) is 4.61. The van der Waals surface area contributed by atoms with Crippen molar-refractivity contribution in [3.8, 4) is 16.9 Å². The maximum atomic E-state index is 11.8.